The van der Waals surface area contributed by atoms with Crippen molar-refractivity contribution >= 4 is 17.7 Å². The third-order valence-electron chi connectivity index (χ3n) is 5.67. The summed E-state index contributed by atoms with van der Waals surface area (Å²) < 4.78 is 2.03. The van der Waals surface area contributed by atoms with Crippen molar-refractivity contribution in [3.05, 3.63) is 53.9 Å². The van der Waals surface area contributed by atoms with E-state index in [0.717, 1.165) is 29.9 Å². The first-order chi connectivity index (χ1) is 14.5. The van der Waals surface area contributed by atoms with Gasteiger partial charge < -0.3 is 5.32 Å². The number of amides is 1. The minimum atomic E-state index is -0.259. The molecule has 2 heterocycles. The Hall–Kier alpha value is -2.67. The van der Waals surface area contributed by atoms with E-state index in [1.165, 1.54) is 35.7 Å². The predicted octanol–water partition coefficient (Wildman–Crippen LogP) is 4.49. The fraction of sp³-hybridized carbons (Fsp3) is 0.391. The zero-order valence-electron chi connectivity index (χ0n) is 17.6. The van der Waals surface area contributed by atoms with Crippen molar-refractivity contribution in [2.24, 2.45) is 0 Å². The van der Waals surface area contributed by atoms with Gasteiger partial charge in [-0.25, -0.2) is 0 Å². The van der Waals surface area contributed by atoms with Gasteiger partial charge in [-0.1, -0.05) is 30.7 Å². The molecule has 7 heteroatoms. The molecule has 1 N–H and O–H groups in total. The molecule has 0 saturated heterocycles. The first-order valence-electron chi connectivity index (χ1n) is 10.4. The predicted molar refractivity (Wildman–Crippen MR) is 120 cm³/mol. The van der Waals surface area contributed by atoms with Crippen LogP contribution in [0.3, 0.4) is 0 Å². The van der Waals surface area contributed by atoms with Gasteiger partial charge in [0.15, 0.2) is 11.0 Å². The van der Waals surface area contributed by atoms with Crippen LogP contribution in [0.25, 0.3) is 17.1 Å². The number of thioether (sulfide) groups is 1. The third-order valence-corrected chi connectivity index (χ3v) is 6.72. The number of hydrogen-bond acceptors (Lipinski definition) is 5. The Balaban J connectivity index is 1.66. The van der Waals surface area contributed by atoms with E-state index in [2.05, 4.69) is 52.5 Å². The second-order valence-electron chi connectivity index (χ2n) is 7.90. The van der Waals surface area contributed by atoms with E-state index >= 15 is 0 Å². The van der Waals surface area contributed by atoms with Crippen molar-refractivity contribution in [1.82, 2.24) is 25.1 Å². The van der Waals surface area contributed by atoms with Gasteiger partial charge in [0.05, 0.1) is 10.9 Å². The summed E-state index contributed by atoms with van der Waals surface area (Å²) in [6.07, 6.45) is 8.05. The van der Waals surface area contributed by atoms with Crippen LogP contribution >= 0.6 is 11.8 Å². The fourth-order valence-corrected chi connectivity index (χ4v) is 4.61. The summed E-state index contributed by atoms with van der Waals surface area (Å²) in [6, 6.07) is 10.5. The van der Waals surface area contributed by atoms with Crippen LogP contribution in [-0.4, -0.2) is 36.9 Å². The molecule has 156 valence electrons. The summed E-state index contributed by atoms with van der Waals surface area (Å²) in [5.41, 5.74) is 4.35. The number of hydrogen-bond donors (Lipinski definition) is 1. The number of aromatic nitrogens is 4. The van der Waals surface area contributed by atoms with Crippen LogP contribution in [0, 0.1) is 13.8 Å². The van der Waals surface area contributed by atoms with E-state index in [1.54, 1.807) is 12.4 Å². The normalized spacial score (nSPS) is 15.3. The van der Waals surface area contributed by atoms with Crippen LogP contribution in [0.15, 0.2) is 47.9 Å². The quantitative estimate of drug-likeness (QED) is 0.594. The Bertz CT molecular complexity index is 1030. The highest BCUT2D eigenvalue weighted by molar-refractivity contribution is 8.00. The molecule has 1 atom stereocenters. The van der Waals surface area contributed by atoms with Gasteiger partial charge in [-0.3, -0.25) is 14.3 Å². The molecule has 0 radical (unpaired) electrons. The van der Waals surface area contributed by atoms with Crippen LogP contribution < -0.4 is 5.32 Å². The average Bonchev–Trinajstić information content (AvgIpc) is 3.40. The minimum Gasteiger partial charge on any atom is -0.352 e. The lowest BCUT2D eigenvalue weighted by Crippen LogP contribution is -2.37. The van der Waals surface area contributed by atoms with Gasteiger partial charge in [0.25, 0.3) is 0 Å². The summed E-state index contributed by atoms with van der Waals surface area (Å²) in [6.45, 7) is 6.13. The first kappa shape index (κ1) is 20.6. The summed E-state index contributed by atoms with van der Waals surface area (Å²) in [4.78, 5) is 16.8. The second kappa shape index (κ2) is 9.00. The Labute approximate surface area is 181 Å². The Morgan fingerprint density at radius 2 is 1.83 bits per heavy atom. The van der Waals surface area contributed by atoms with Crippen molar-refractivity contribution in [1.29, 1.82) is 0 Å². The molecule has 0 aliphatic heterocycles. The van der Waals surface area contributed by atoms with E-state index in [9.17, 15) is 4.79 Å². The Morgan fingerprint density at radius 1 is 1.10 bits per heavy atom. The standard InChI is InChI=1S/C23H27N5OS/c1-15-8-9-20(14-16(15)2)28-21(18-10-12-24-13-11-18)26-27-23(28)30-17(3)22(29)25-19-6-4-5-7-19/h8-14,17,19H,4-7H2,1-3H3,(H,25,29)/t17-/m1/s1. The van der Waals surface area contributed by atoms with Gasteiger partial charge in [-0.05, 0) is 69.0 Å². The lowest BCUT2D eigenvalue weighted by Gasteiger charge is -2.17. The first-order valence-corrected chi connectivity index (χ1v) is 11.3. The number of carbonyl (C=O) groups is 1. The number of nitrogens with zero attached hydrogens (tertiary/aromatic N) is 4. The number of rotatable bonds is 6. The summed E-state index contributed by atoms with van der Waals surface area (Å²) in [5.74, 6) is 0.804. The van der Waals surface area contributed by atoms with Crippen molar-refractivity contribution in [3.63, 3.8) is 0 Å². The highest BCUT2D eigenvalue weighted by Crippen LogP contribution is 2.31. The molecular formula is C23H27N5OS. The third kappa shape index (κ3) is 4.41. The SMILES string of the molecule is Cc1ccc(-n2c(S[C@H](C)C(=O)NC3CCCC3)nnc2-c2ccncc2)cc1C. The van der Waals surface area contributed by atoms with Crippen LogP contribution in [0.2, 0.25) is 0 Å². The highest BCUT2D eigenvalue weighted by atomic mass is 32.2. The molecular weight excluding hydrogens is 394 g/mol. The molecule has 1 aliphatic carbocycles. The van der Waals surface area contributed by atoms with E-state index in [-0.39, 0.29) is 11.2 Å². The topological polar surface area (TPSA) is 72.7 Å². The number of benzene rings is 1. The molecule has 1 aromatic carbocycles. The van der Waals surface area contributed by atoms with E-state index in [1.807, 2.05) is 23.6 Å². The lowest BCUT2D eigenvalue weighted by atomic mass is 10.1. The largest absolute Gasteiger partial charge is 0.352 e. The number of nitrogens with one attached hydrogen (secondary N) is 1. The van der Waals surface area contributed by atoms with Crippen LogP contribution in [0.4, 0.5) is 0 Å². The van der Waals surface area contributed by atoms with Crippen LogP contribution in [0.5, 0.6) is 0 Å². The Morgan fingerprint density at radius 3 is 2.53 bits per heavy atom. The van der Waals surface area contributed by atoms with Crippen LogP contribution in [0.1, 0.15) is 43.7 Å². The smallest absolute Gasteiger partial charge is 0.233 e. The number of carbonyl (C=O) groups excluding carboxylic acids is 1. The Kier molecular flexibility index (Phi) is 6.18. The molecule has 0 bridgehead atoms. The summed E-state index contributed by atoms with van der Waals surface area (Å²) in [7, 11) is 0. The maximum atomic E-state index is 12.7. The van der Waals surface area contributed by atoms with Crippen LogP contribution in [-0.2, 0) is 4.79 Å². The highest BCUT2D eigenvalue weighted by Gasteiger charge is 2.24. The molecule has 2 aromatic heterocycles. The van der Waals surface area contributed by atoms with Crippen molar-refractivity contribution in [2.45, 2.75) is 62.9 Å². The molecule has 1 aliphatic rings. The second-order valence-corrected chi connectivity index (χ2v) is 9.20. The molecule has 1 amide bonds. The van der Waals surface area contributed by atoms with Gasteiger partial charge in [-0.15, -0.1) is 10.2 Å². The summed E-state index contributed by atoms with van der Waals surface area (Å²) in [5, 5.41) is 12.6. The van der Waals surface area contributed by atoms with E-state index < -0.39 is 0 Å². The van der Waals surface area contributed by atoms with Crippen molar-refractivity contribution in [3.8, 4) is 17.1 Å². The van der Waals surface area contributed by atoms with E-state index in [4.69, 9.17) is 0 Å². The van der Waals surface area contributed by atoms with E-state index in [0.29, 0.717) is 11.2 Å². The van der Waals surface area contributed by atoms with Crippen molar-refractivity contribution in [2.75, 3.05) is 0 Å². The monoisotopic (exact) mass is 421 g/mol. The zero-order chi connectivity index (χ0) is 21.1. The molecule has 0 unspecified atom stereocenters. The maximum Gasteiger partial charge on any atom is 0.233 e. The average molecular weight is 422 g/mol. The lowest BCUT2D eigenvalue weighted by molar-refractivity contribution is -0.120. The minimum absolute atomic E-state index is 0.0620. The van der Waals surface area contributed by atoms with Gasteiger partial charge in [-0.2, -0.15) is 0 Å². The van der Waals surface area contributed by atoms with Gasteiger partial charge in [0.1, 0.15) is 0 Å². The van der Waals surface area contributed by atoms with Crippen molar-refractivity contribution < 1.29 is 4.79 Å². The molecule has 3 aromatic rings. The molecule has 30 heavy (non-hydrogen) atoms. The summed E-state index contributed by atoms with van der Waals surface area (Å²) >= 11 is 1.44. The molecule has 4 rings (SSSR count). The zero-order valence-corrected chi connectivity index (χ0v) is 18.4. The maximum absolute atomic E-state index is 12.7. The molecule has 0 spiro atoms. The molecule has 1 fully saturated rings. The number of pyridine rings is 1. The molecule has 6 nitrogen and oxygen atoms in total. The number of aryl methyl sites for hydroxylation is 2. The fourth-order valence-electron chi connectivity index (χ4n) is 3.73. The molecule has 1 saturated carbocycles. The van der Waals surface area contributed by atoms with Gasteiger partial charge in [0, 0.05) is 24.0 Å². The van der Waals surface area contributed by atoms with Gasteiger partial charge >= 0.3 is 0 Å². The van der Waals surface area contributed by atoms with Gasteiger partial charge in [0.2, 0.25) is 5.91 Å².